The highest BCUT2D eigenvalue weighted by molar-refractivity contribution is 6.10. The summed E-state index contributed by atoms with van der Waals surface area (Å²) < 4.78 is 5.21. The fraction of sp³-hybridized carbons (Fsp3) is 0.333. The van der Waals surface area contributed by atoms with E-state index in [1.165, 1.54) is 0 Å². The molecule has 0 spiro atoms. The number of carbonyl (C=O) groups excluding carboxylic acids is 2. The highest BCUT2D eigenvalue weighted by Crippen LogP contribution is 2.29. The maximum atomic E-state index is 12.9. The average molecular weight is 380 g/mol. The van der Waals surface area contributed by atoms with Gasteiger partial charge in [-0.1, -0.05) is 12.1 Å². The van der Waals surface area contributed by atoms with Crippen LogP contribution in [-0.2, 0) is 9.59 Å². The maximum Gasteiger partial charge on any atom is 0.244 e. The molecule has 0 saturated carbocycles. The number of benzene rings is 2. The smallest absolute Gasteiger partial charge is 0.244 e. The van der Waals surface area contributed by atoms with Crippen molar-refractivity contribution in [2.75, 3.05) is 61.5 Å². The zero-order chi connectivity index (χ0) is 19.5. The van der Waals surface area contributed by atoms with Crippen molar-refractivity contribution in [1.82, 2.24) is 4.90 Å². The molecule has 0 aliphatic carbocycles. The molecule has 1 saturated heterocycles. The Kier molecular flexibility index (Phi) is 5.16. The first-order chi connectivity index (χ1) is 13.6. The van der Waals surface area contributed by atoms with E-state index in [1.807, 2.05) is 36.4 Å². The van der Waals surface area contributed by atoms with Crippen molar-refractivity contribution in [2.24, 2.45) is 0 Å². The molecule has 0 unspecified atom stereocenters. The SMILES string of the molecule is COc1ccc(N2CCN(CC(=O)N3CC(=O)Nc4ccccc43)CC2)cc1. The first-order valence-electron chi connectivity index (χ1n) is 9.44. The number of nitrogens with one attached hydrogen (secondary N) is 1. The van der Waals surface area contributed by atoms with Gasteiger partial charge in [0, 0.05) is 31.9 Å². The predicted octanol–water partition coefficient (Wildman–Crippen LogP) is 1.80. The highest BCUT2D eigenvalue weighted by Gasteiger charge is 2.28. The van der Waals surface area contributed by atoms with Crippen LogP contribution in [0.4, 0.5) is 17.1 Å². The number of ether oxygens (including phenoxy) is 1. The van der Waals surface area contributed by atoms with Crippen molar-refractivity contribution in [2.45, 2.75) is 0 Å². The summed E-state index contributed by atoms with van der Waals surface area (Å²) in [5.74, 6) is 0.649. The average Bonchev–Trinajstić information content (AvgIpc) is 2.73. The molecule has 28 heavy (non-hydrogen) atoms. The molecular formula is C21H24N4O3. The molecule has 0 radical (unpaired) electrons. The summed E-state index contributed by atoms with van der Waals surface area (Å²) in [6.07, 6.45) is 0. The molecule has 2 aliphatic rings. The van der Waals surface area contributed by atoms with Crippen LogP contribution in [0.5, 0.6) is 5.75 Å². The lowest BCUT2D eigenvalue weighted by Crippen LogP contribution is -2.52. The van der Waals surface area contributed by atoms with Gasteiger partial charge in [0.2, 0.25) is 11.8 Å². The van der Waals surface area contributed by atoms with Crippen molar-refractivity contribution >= 4 is 28.9 Å². The van der Waals surface area contributed by atoms with E-state index in [2.05, 4.69) is 27.2 Å². The first kappa shape index (κ1) is 18.3. The molecule has 7 heteroatoms. The quantitative estimate of drug-likeness (QED) is 0.876. The fourth-order valence-electron chi connectivity index (χ4n) is 3.69. The number of hydrogen-bond donors (Lipinski definition) is 1. The number of nitrogens with zero attached hydrogens (tertiary/aromatic N) is 3. The van der Waals surface area contributed by atoms with Gasteiger partial charge in [-0.05, 0) is 36.4 Å². The maximum absolute atomic E-state index is 12.9. The van der Waals surface area contributed by atoms with E-state index >= 15 is 0 Å². The second-order valence-electron chi connectivity index (χ2n) is 7.01. The first-order valence-corrected chi connectivity index (χ1v) is 9.44. The normalized spacial score (nSPS) is 17.1. The van der Waals surface area contributed by atoms with E-state index in [4.69, 9.17) is 4.74 Å². The summed E-state index contributed by atoms with van der Waals surface area (Å²) >= 11 is 0. The van der Waals surface area contributed by atoms with Crippen molar-refractivity contribution in [3.63, 3.8) is 0 Å². The predicted molar refractivity (Wildman–Crippen MR) is 109 cm³/mol. The second-order valence-corrected chi connectivity index (χ2v) is 7.01. The zero-order valence-corrected chi connectivity index (χ0v) is 15.9. The van der Waals surface area contributed by atoms with Crippen molar-refractivity contribution in [3.05, 3.63) is 48.5 Å². The van der Waals surface area contributed by atoms with Gasteiger partial charge in [0.1, 0.15) is 12.3 Å². The monoisotopic (exact) mass is 380 g/mol. The number of anilines is 3. The Morgan fingerprint density at radius 2 is 1.75 bits per heavy atom. The molecule has 2 aromatic rings. The summed E-state index contributed by atoms with van der Waals surface area (Å²) in [4.78, 5) is 30.9. The fourth-order valence-corrected chi connectivity index (χ4v) is 3.69. The lowest BCUT2D eigenvalue weighted by atomic mass is 10.2. The molecule has 0 atom stereocenters. The molecule has 146 valence electrons. The number of methoxy groups -OCH3 is 1. The summed E-state index contributed by atoms with van der Waals surface area (Å²) in [6, 6.07) is 15.5. The Morgan fingerprint density at radius 1 is 1.04 bits per heavy atom. The third-order valence-electron chi connectivity index (χ3n) is 5.24. The Morgan fingerprint density at radius 3 is 2.46 bits per heavy atom. The second kappa shape index (κ2) is 7.90. The van der Waals surface area contributed by atoms with Crippen LogP contribution < -0.4 is 19.9 Å². The van der Waals surface area contributed by atoms with Crippen LogP contribution in [0.2, 0.25) is 0 Å². The van der Waals surface area contributed by atoms with E-state index in [0.29, 0.717) is 12.2 Å². The molecule has 1 fully saturated rings. The lowest BCUT2D eigenvalue weighted by molar-refractivity contribution is -0.122. The summed E-state index contributed by atoms with van der Waals surface area (Å²) in [5, 5.41) is 2.82. The minimum Gasteiger partial charge on any atom is -0.497 e. The number of amides is 2. The summed E-state index contributed by atoms with van der Waals surface area (Å²) in [7, 11) is 1.66. The third kappa shape index (κ3) is 3.80. The minimum absolute atomic E-state index is 0.0415. The van der Waals surface area contributed by atoms with Crippen LogP contribution in [0.15, 0.2) is 48.5 Å². The Bertz CT molecular complexity index is 860. The van der Waals surface area contributed by atoms with E-state index in [0.717, 1.165) is 43.3 Å². The topological polar surface area (TPSA) is 65.1 Å². The molecule has 2 aromatic carbocycles. The van der Waals surface area contributed by atoms with Gasteiger partial charge >= 0.3 is 0 Å². The molecular weight excluding hydrogens is 356 g/mol. The van der Waals surface area contributed by atoms with Crippen LogP contribution in [0, 0.1) is 0 Å². The van der Waals surface area contributed by atoms with Gasteiger partial charge in [0.15, 0.2) is 0 Å². The number of piperazine rings is 1. The summed E-state index contributed by atoms with van der Waals surface area (Å²) in [6.45, 7) is 3.71. The van der Waals surface area contributed by atoms with Gasteiger partial charge in [-0.15, -0.1) is 0 Å². The minimum atomic E-state index is -0.156. The zero-order valence-electron chi connectivity index (χ0n) is 15.9. The van der Waals surface area contributed by atoms with E-state index < -0.39 is 0 Å². The van der Waals surface area contributed by atoms with Crippen LogP contribution >= 0.6 is 0 Å². The molecule has 0 aromatic heterocycles. The van der Waals surface area contributed by atoms with Crippen LogP contribution in [-0.4, -0.2) is 63.1 Å². The molecule has 2 aliphatic heterocycles. The standard InChI is InChI=1S/C21H24N4O3/c1-28-17-8-6-16(7-9-17)24-12-10-23(11-13-24)15-21(27)25-14-20(26)22-18-4-2-3-5-19(18)25/h2-9H,10-15H2,1H3,(H,22,26). The highest BCUT2D eigenvalue weighted by atomic mass is 16.5. The third-order valence-corrected chi connectivity index (χ3v) is 5.24. The van der Waals surface area contributed by atoms with E-state index in [9.17, 15) is 9.59 Å². The van der Waals surface area contributed by atoms with E-state index in [-0.39, 0.29) is 18.4 Å². The molecule has 2 heterocycles. The largest absolute Gasteiger partial charge is 0.497 e. The molecule has 2 amide bonds. The van der Waals surface area contributed by atoms with Gasteiger partial charge in [0.25, 0.3) is 0 Å². The van der Waals surface area contributed by atoms with Crippen LogP contribution in [0.1, 0.15) is 0 Å². The van der Waals surface area contributed by atoms with Gasteiger partial charge in [-0.25, -0.2) is 0 Å². The Labute approximate surface area is 164 Å². The number of rotatable bonds is 4. The van der Waals surface area contributed by atoms with Crippen molar-refractivity contribution in [1.29, 1.82) is 0 Å². The lowest BCUT2D eigenvalue weighted by Gasteiger charge is -2.37. The van der Waals surface area contributed by atoms with E-state index in [1.54, 1.807) is 12.0 Å². The Hall–Kier alpha value is -3.06. The number of carbonyl (C=O) groups is 2. The summed E-state index contributed by atoms with van der Waals surface area (Å²) in [5.41, 5.74) is 2.62. The molecule has 0 bridgehead atoms. The van der Waals surface area contributed by atoms with Gasteiger partial charge < -0.3 is 15.0 Å². The molecule has 4 rings (SSSR count). The van der Waals surface area contributed by atoms with Crippen molar-refractivity contribution in [3.8, 4) is 5.75 Å². The van der Waals surface area contributed by atoms with Gasteiger partial charge in [-0.2, -0.15) is 0 Å². The van der Waals surface area contributed by atoms with Crippen LogP contribution in [0.25, 0.3) is 0 Å². The van der Waals surface area contributed by atoms with Crippen LogP contribution in [0.3, 0.4) is 0 Å². The Balaban J connectivity index is 1.36. The number of hydrogen-bond acceptors (Lipinski definition) is 5. The van der Waals surface area contributed by atoms with Gasteiger partial charge in [-0.3, -0.25) is 19.4 Å². The van der Waals surface area contributed by atoms with Gasteiger partial charge in [0.05, 0.1) is 25.0 Å². The number of fused-ring (bicyclic) bond motifs is 1. The molecule has 7 nitrogen and oxygen atoms in total. The number of para-hydroxylation sites is 2. The molecule has 1 N–H and O–H groups in total. The van der Waals surface area contributed by atoms with Crippen molar-refractivity contribution < 1.29 is 14.3 Å².